The fourth-order valence-electron chi connectivity index (χ4n) is 4.17. The number of ether oxygens (including phenoxy) is 1. The first kappa shape index (κ1) is 18.5. The van der Waals surface area contributed by atoms with Gasteiger partial charge in [-0.05, 0) is 45.1 Å². The van der Waals surface area contributed by atoms with Crippen LogP contribution >= 0.6 is 0 Å². The van der Waals surface area contributed by atoms with Gasteiger partial charge in [-0.1, -0.05) is 18.0 Å². The Kier molecular flexibility index (Phi) is 5.52. The van der Waals surface area contributed by atoms with Crippen molar-refractivity contribution in [2.24, 2.45) is 0 Å². The average Bonchev–Trinajstić information content (AvgIpc) is 3.35. The quantitative estimate of drug-likeness (QED) is 0.801. The topological polar surface area (TPSA) is 54.6 Å². The Labute approximate surface area is 159 Å². The van der Waals surface area contributed by atoms with Crippen LogP contribution in [0.1, 0.15) is 43.2 Å². The lowest BCUT2D eigenvalue weighted by Gasteiger charge is -2.37. The van der Waals surface area contributed by atoms with Gasteiger partial charge in [-0.3, -0.25) is 4.90 Å². The minimum atomic E-state index is -0.218. The first-order valence-electron chi connectivity index (χ1n) is 9.72. The van der Waals surface area contributed by atoms with E-state index in [1.807, 2.05) is 19.0 Å². The van der Waals surface area contributed by atoms with Crippen LogP contribution < -0.4 is 0 Å². The van der Waals surface area contributed by atoms with Gasteiger partial charge in [0, 0.05) is 30.3 Å². The maximum Gasteiger partial charge on any atom is 0.246 e. The number of morpholine rings is 1. The molecule has 1 atom stereocenters. The van der Waals surface area contributed by atoms with Crippen molar-refractivity contribution in [3.63, 3.8) is 0 Å². The maximum absolute atomic E-state index is 14.1. The maximum atomic E-state index is 14.1. The van der Waals surface area contributed by atoms with Gasteiger partial charge in [0.25, 0.3) is 0 Å². The molecule has 1 saturated carbocycles. The SMILES string of the molecule is CN(C)Cc1cc(-c2noc(C3COCCN3C3CCCC3)n2)ccc1F. The molecule has 1 unspecified atom stereocenters. The Balaban J connectivity index is 1.57. The van der Waals surface area contributed by atoms with Crippen molar-refractivity contribution in [2.45, 2.75) is 44.3 Å². The monoisotopic (exact) mass is 374 g/mol. The molecule has 4 rings (SSSR count). The molecule has 2 fully saturated rings. The molecule has 6 nitrogen and oxygen atoms in total. The molecular weight excluding hydrogens is 347 g/mol. The molecule has 1 aromatic heterocycles. The molecule has 2 aromatic rings. The van der Waals surface area contributed by atoms with Crippen molar-refractivity contribution >= 4 is 0 Å². The van der Waals surface area contributed by atoms with Gasteiger partial charge < -0.3 is 14.2 Å². The minimum absolute atomic E-state index is 0.00444. The van der Waals surface area contributed by atoms with E-state index in [1.165, 1.54) is 31.7 Å². The van der Waals surface area contributed by atoms with Gasteiger partial charge in [0.15, 0.2) is 0 Å². The molecule has 27 heavy (non-hydrogen) atoms. The number of rotatable bonds is 5. The van der Waals surface area contributed by atoms with Crippen molar-refractivity contribution in [3.8, 4) is 11.4 Å². The first-order chi connectivity index (χ1) is 13.1. The van der Waals surface area contributed by atoms with Crippen LogP contribution in [0.3, 0.4) is 0 Å². The van der Waals surface area contributed by atoms with E-state index < -0.39 is 0 Å². The molecule has 0 bridgehead atoms. The van der Waals surface area contributed by atoms with Crippen LogP contribution in [0.15, 0.2) is 22.7 Å². The summed E-state index contributed by atoms with van der Waals surface area (Å²) in [5.41, 5.74) is 1.39. The van der Waals surface area contributed by atoms with Crippen LogP contribution in [0.25, 0.3) is 11.4 Å². The van der Waals surface area contributed by atoms with Gasteiger partial charge in [0.05, 0.1) is 13.2 Å². The van der Waals surface area contributed by atoms with Crippen molar-refractivity contribution in [3.05, 3.63) is 35.5 Å². The standard InChI is InChI=1S/C20H27FN4O2/c1-24(2)12-15-11-14(7-8-17(15)21)19-22-20(27-23-19)18-13-26-10-9-25(18)16-5-3-4-6-16/h7-8,11,16,18H,3-6,9-10,12-13H2,1-2H3. The lowest BCUT2D eigenvalue weighted by molar-refractivity contribution is -0.0397. The number of aromatic nitrogens is 2. The lowest BCUT2D eigenvalue weighted by atomic mass is 10.1. The molecule has 0 radical (unpaired) electrons. The van der Waals surface area contributed by atoms with Gasteiger partial charge in [-0.25, -0.2) is 4.39 Å². The summed E-state index contributed by atoms with van der Waals surface area (Å²) in [6.07, 6.45) is 5.02. The summed E-state index contributed by atoms with van der Waals surface area (Å²) >= 11 is 0. The van der Waals surface area contributed by atoms with Crippen LogP contribution in [0, 0.1) is 5.82 Å². The number of hydrogen-bond donors (Lipinski definition) is 0. The Morgan fingerprint density at radius 2 is 2.07 bits per heavy atom. The highest BCUT2D eigenvalue weighted by Gasteiger charge is 2.35. The first-order valence-corrected chi connectivity index (χ1v) is 9.72. The molecule has 1 aliphatic heterocycles. The lowest BCUT2D eigenvalue weighted by Crippen LogP contribution is -2.44. The van der Waals surface area contributed by atoms with Gasteiger partial charge in [-0.2, -0.15) is 4.98 Å². The minimum Gasteiger partial charge on any atom is -0.378 e. The zero-order valence-electron chi connectivity index (χ0n) is 16.0. The fourth-order valence-corrected chi connectivity index (χ4v) is 4.17. The molecule has 2 aliphatic rings. The molecule has 0 amide bonds. The van der Waals surface area contributed by atoms with E-state index in [1.54, 1.807) is 12.1 Å². The third-order valence-electron chi connectivity index (χ3n) is 5.48. The Morgan fingerprint density at radius 1 is 1.26 bits per heavy atom. The second kappa shape index (κ2) is 8.04. The van der Waals surface area contributed by atoms with Crippen molar-refractivity contribution in [2.75, 3.05) is 33.9 Å². The van der Waals surface area contributed by atoms with Gasteiger partial charge in [0.2, 0.25) is 11.7 Å². The van der Waals surface area contributed by atoms with Gasteiger partial charge in [0.1, 0.15) is 11.9 Å². The number of halogens is 1. The highest BCUT2D eigenvalue weighted by Crippen LogP contribution is 2.33. The van der Waals surface area contributed by atoms with Crippen LogP contribution in [0.5, 0.6) is 0 Å². The highest BCUT2D eigenvalue weighted by molar-refractivity contribution is 5.55. The van der Waals surface area contributed by atoms with Gasteiger partial charge >= 0.3 is 0 Å². The normalized spacial score (nSPS) is 22.0. The summed E-state index contributed by atoms with van der Waals surface area (Å²) in [5, 5.41) is 4.17. The summed E-state index contributed by atoms with van der Waals surface area (Å²) in [5.74, 6) is 0.876. The molecule has 146 valence electrons. The molecule has 7 heteroatoms. The molecule has 0 N–H and O–H groups in total. The average molecular weight is 374 g/mol. The predicted octanol–water partition coefficient (Wildman–Crippen LogP) is 3.25. The summed E-state index contributed by atoms with van der Waals surface area (Å²) in [4.78, 5) is 9.04. The smallest absolute Gasteiger partial charge is 0.246 e. The van der Waals surface area contributed by atoms with Crippen molar-refractivity contribution in [1.82, 2.24) is 19.9 Å². The second-order valence-corrected chi connectivity index (χ2v) is 7.77. The number of hydrogen-bond acceptors (Lipinski definition) is 6. The van der Waals surface area contributed by atoms with E-state index in [9.17, 15) is 4.39 Å². The molecule has 1 aliphatic carbocycles. The molecule has 1 aromatic carbocycles. The number of nitrogens with zero attached hydrogens (tertiary/aromatic N) is 4. The second-order valence-electron chi connectivity index (χ2n) is 7.77. The van der Waals surface area contributed by atoms with E-state index in [-0.39, 0.29) is 11.9 Å². The largest absolute Gasteiger partial charge is 0.378 e. The predicted molar refractivity (Wildman–Crippen MR) is 99.6 cm³/mol. The molecule has 2 heterocycles. The fraction of sp³-hybridized carbons (Fsp3) is 0.600. The van der Waals surface area contributed by atoms with Crippen LogP contribution in [0.4, 0.5) is 4.39 Å². The van der Waals surface area contributed by atoms with Crippen LogP contribution in [-0.2, 0) is 11.3 Å². The Hall–Kier alpha value is -1.83. The van der Waals surface area contributed by atoms with Gasteiger partial charge in [-0.15, -0.1) is 0 Å². The van der Waals surface area contributed by atoms with E-state index in [0.717, 1.165) is 18.7 Å². The Morgan fingerprint density at radius 3 is 2.85 bits per heavy atom. The zero-order valence-corrected chi connectivity index (χ0v) is 16.0. The molecule has 0 spiro atoms. The highest BCUT2D eigenvalue weighted by atomic mass is 19.1. The van der Waals surface area contributed by atoms with Crippen LogP contribution in [-0.4, -0.2) is 59.8 Å². The third-order valence-corrected chi connectivity index (χ3v) is 5.48. The Bertz CT molecular complexity index is 773. The summed E-state index contributed by atoms with van der Waals surface area (Å²) in [7, 11) is 3.83. The van der Waals surface area contributed by atoms with Crippen molar-refractivity contribution < 1.29 is 13.7 Å². The van der Waals surface area contributed by atoms with E-state index in [0.29, 0.717) is 36.5 Å². The molecule has 1 saturated heterocycles. The third kappa shape index (κ3) is 4.05. The molecular formula is C20H27FN4O2. The zero-order chi connectivity index (χ0) is 18.8. The number of benzene rings is 1. The summed E-state index contributed by atoms with van der Waals surface area (Å²) < 4.78 is 25.4. The summed E-state index contributed by atoms with van der Waals surface area (Å²) in [6, 6.07) is 5.56. The van der Waals surface area contributed by atoms with E-state index >= 15 is 0 Å². The van der Waals surface area contributed by atoms with E-state index in [2.05, 4.69) is 15.0 Å². The summed E-state index contributed by atoms with van der Waals surface area (Å²) in [6.45, 7) is 2.75. The van der Waals surface area contributed by atoms with Crippen LogP contribution in [0.2, 0.25) is 0 Å². The van der Waals surface area contributed by atoms with E-state index in [4.69, 9.17) is 9.26 Å². The van der Waals surface area contributed by atoms with Crippen molar-refractivity contribution in [1.29, 1.82) is 0 Å².